The van der Waals surface area contributed by atoms with Crippen molar-refractivity contribution in [3.05, 3.63) is 80.8 Å². The van der Waals surface area contributed by atoms with E-state index in [9.17, 15) is 19.8 Å². The molecular weight excluding hydrogens is 608 g/mol. The number of nitrogens with zero attached hydrogens (tertiary/aromatic N) is 2. The van der Waals surface area contributed by atoms with E-state index in [0.29, 0.717) is 33.1 Å². The number of hydrogen-bond acceptors (Lipinski definition) is 8. The first kappa shape index (κ1) is 28.6. The zero-order valence-corrected chi connectivity index (χ0v) is 25.4. The van der Waals surface area contributed by atoms with Crippen molar-refractivity contribution < 1.29 is 29.3 Å². The molecule has 5 rings (SSSR count). The number of ether oxygens (including phenoxy) is 2. The number of ketones is 1. The van der Waals surface area contributed by atoms with Gasteiger partial charge in [-0.25, -0.2) is 4.98 Å². The molecule has 2 heterocycles. The molecule has 1 aliphatic rings. The normalized spacial score (nSPS) is 16.5. The second-order valence-electron chi connectivity index (χ2n) is 9.88. The lowest BCUT2D eigenvalue weighted by Gasteiger charge is -2.24. The van der Waals surface area contributed by atoms with Gasteiger partial charge in [0.15, 0.2) is 16.6 Å². The van der Waals surface area contributed by atoms with Crippen molar-refractivity contribution in [2.75, 3.05) is 18.6 Å². The number of methoxy groups -OCH3 is 1. The maximum Gasteiger partial charge on any atom is 0.301 e. The Morgan fingerprint density at radius 1 is 1.15 bits per heavy atom. The Morgan fingerprint density at radius 3 is 2.66 bits per heavy atom. The minimum absolute atomic E-state index is 0.104. The van der Waals surface area contributed by atoms with Crippen molar-refractivity contribution in [3.8, 4) is 17.2 Å². The average Bonchev–Trinajstić information content (AvgIpc) is 3.48. The number of fused-ring (bicyclic) bond motifs is 1. The van der Waals surface area contributed by atoms with Crippen LogP contribution in [0.2, 0.25) is 0 Å². The lowest BCUT2D eigenvalue weighted by molar-refractivity contribution is -0.132. The Bertz CT molecular complexity index is 1710. The molecule has 212 valence electrons. The number of thiazole rings is 1. The number of phenols is 1. The van der Waals surface area contributed by atoms with E-state index in [1.165, 1.54) is 23.3 Å². The summed E-state index contributed by atoms with van der Waals surface area (Å²) >= 11 is 4.64. The molecule has 41 heavy (non-hydrogen) atoms. The molecule has 0 aliphatic carbocycles. The second kappa shape index (κ2) is 11.5. The van der Waals surface area contributed by atoms with Gasteiger partial charge in [0.2, 0.25) is 0 Å². The Morgan fingerprint density at radius 2 is 1.93 bits per heavy atom. The van der Waals surface area contributed by atoms with Crippen LogP contribution in [-0.4, -0.2) is 40.6 Å². The average molecular weight is 638 g/mol. The SMILES string of the molecule is CCCCOc1cccc(C(O)=C2C(=O)C(=O)N(c3nc4c(C)cc(C)cc4s3)C2c2cc(Br)c(O)c(OC)c2)c1. The minimum atomic E-state index is -1.05. The van der Waals surface area contributed by atoms with Crippen LogP contribution in [0.25, 0.3) is 16.0 Å². The third-order valence-electron chi connectivity index (χ3n) is 6.93. The predicted molar refractivity (Wildman–Crippen MR) is 163 cm³/mol. The number of aryl methyl sites for hydroxylation is 2. The quantitative estimate of drug-likeness (QED) is 0.0911. The third kappa shape index (κ3) is 5.29. The number of unbranched alkanes of at least 4 members (excludes halogenated alkanes) is 1. The van der Waals surface area contributed by atoms with E-state index in [1.807, 2.05) is 26.0 Å². The molecule has 1 fully saturated rings. The number of Topliss-reactive ketones (excluding diaryl/α,β-unsaturated/α-hetero) is 1. The van der Waals surface area contributed by atoms with Crippen LogP contribution in [-0.2, 0) is 9.59 Å². The summed E-state index contributed by atoms with van der Waals surface area (Å²) in [6, 6.07) is 12.9. The first-order valence-corrected chi connectivity index (χ1v) is 14.7. The zero-order valence-electron chi connectivity index (χ0n) is 23.0. The van der Waals surface area contributed by atoms with Gasteiger partial charge in [-0.1, -0.05) is 42.9 Å². The van der Waals surface area contributed by atoms with Crippen LogP contribution in [0, 0.1) is 13.8 Å². The highest BCUT2D eigenvalue weighted by Gasteiger charge is 2.48. The summed E-state index contributed by atoms with van der Waals surface area (Å²) in [5, 5.41) is 22.4. The van der Waals surface area contributed by atoms with Crippen LogP contribution in [0.4, 0.5) is 5.13 Å². The summed E-state index contributed by atoms with van der Waals surface area (Å²) in [4.78, 5) is 33.4. The molecular formula is C31H29BrN2O6S. The van der Waals surface area contributed by atoms with Gasteiger partial charge in [0.1, 0.15) is 11.5 Å². The number of halogens is 1. The fourth-order valence-corrected chi connectivity index (χ4v) is 6.57. The summed E-state index contributed by atoms with van der Waals surface area (Å²) < 4.78 is 12.4. The van der Waals surface area contributed by atoms with Gasteiger partial charge in [-0.05, 0) is 83.2 Å². The molecule has 1 atom stereocenters. The summed E-state index contributed by atoms with van der Waals surface area (Å²) in [6.07, 6.45) is 1.85. The van der Waals surface area contributed by atoms with Crippen LogP contribution in [0.15, 0.2) is 58.6 Å². The fourth-order valence-electron chi connectivity index (χ4n) is 4.94. The van der Waals surface area contributed by atoms with Gasteiger partial charge in [0.25, 0.3) is 5.78 Å². The predicted octanol–water partition coefficient (Wildman–Crippen LogP) is 7.20. The molecule has 0 radical (unpaired) electrons. The lowest BCUT2D eigenvalue weighted by Crippen LogP contribution is -2.29. The summed E-state index contributed by atoms with van der Waals surface area (Å²) in [6.45, 7) is 6.51. The summed E-state index contributed by atoms with van der Waals surface area (Å²) in [5.74, 6) is -1.45. The van der Waals surface area contributed by atoms with E-state index in [2.05, 4.69) is 22.9 Å². The first-order chi connectivity index (χ1) is 19.6. The number of carbonyl (C=O) groups excluding carboxylic acids is 2. The standard InChI is InChI=1S/C31H29BrN2O6S/c1-5-6-10-40-20-9-7-8-18(13-20)27(35)24-26(19-14-21(32)28(36)22(15-19)39-4)34(30(38)29(24)37)31-33-25-17(3)11-16(2)12-23(25)41-31/h7-9,11-15,26,35-36H,5-6,10H2,1-4H3. The van der Waals surface area contributed by atoms with Gasteiger partial charge < -0.3 is 19.7 Å². The summed E-state index contributed by atoms with van der Waals surface area (Å²) in [7, 11) is 1.41. The van der Waals surface area contributed by atoms with Crippen molar-refractivity contribution in [2.45, 2.75) is 39.7 Å². The Hall–Kier alpha value is -3.89. The topological polar surface area (TPSA) is 109 Å². The molecule has 1 aliphatic heterocycles. The number of rotatable bonds is 8. The molecule has 0 bridgehead atoms. The Balaban J connectivity index is 1.72. The monoisotopic (exact) mass is 636 g/mol. The molecule has 1 unspecified atom stereocenters. The van der Waals surface area contributed by atoms with Crippen LogP contribution in [0.5, 0.6) is 17.2 Å². The largest absolute Gasteiger partial charge is 0.507 e. The number of hydrogen-bond donors (Lipinski definition) is 2. The van der Waals surface area contributed by atoms with Crippen molar-refractivity contribution >= 4 is 60.1 Å². The van der Waals surface area contributed by atoms with Gasteiger partial charge in [-0.15, -0.1) is 0 Å². The zero-order chi connectivity index (χ0) is 29.4. The fraction of sp³-hybridized carbons (Fsp3) is 0.258. The smallest absolute Gasteiger partial charge is 0.301 e. The van der Waals surface area contributed by atoms with Crippen molar-refractivity contribution in [2.24, 2.45) is 0 Å². The van der Waals surface area contributed by atoms with E-state index in [4.69, 9.17) is 14.5 Å². The lowest BCUT2D eigenvalue weighted by atomic mass is 9.95. The molecule has 0 saturated carbocycles. The number of aromatic nitrogens is 1. The Labute approximate surface area is 250 Å². The number of carbonyl (C=O) groups is 2. The number of benzene rings is 3. The van der Waals surface area contributed by atoms with Crippen LogP contribution in [0.1, 0.15) is 48.1 Å². The van der Waals surface area contributed by atoms with Gasteiger partial charge in [-0.2, -0.15) is 0 Å². The molecule has 2 N–H and O–H groups in total. The van der Waals surface area contributed by atoms with Gasteiger partial charge >= 0.3 is 5.91 Å². The van der Waals surface area contributed by atoms with E-state index in [-0.39, 0.29) is 22.8 Å². The van der Waals surface area contributed by atoms with E-state index in [0.717, 1.165) is 34.2 Å². The number of phenolic OH excluding ortho intramolecular Hbond substituents is 1. The van der Waals surface area contributed by atoms with Crippen LogP contribution in [0.3, 0.4) is 0 Å². The second-order valence-corrected chi connectivity index (χ2v) is 11.7. The van der Waals surface area contributed by atoms with Crippen molar-refractivity contribution in [1.29, 1.82) is 0 Å². The van der Waals surface area contributed by atoms with E-state index in [1.54, 1.807) is 36.4 Å². The minimum Gasteiger partial charge on any atom is -0.507 e. The highest BCUT2D eigenvalue weighted by atomic mass is 79.9. The van der Waals surface area contributed by atoms with Crippen molar-refractivity contribution in [1.82, 2.24) is 4.98 Å². The van der Waals surface area contributed by atoms with Gasteiger partial charge in [0.05, 0.1) is 40.0 Å². The van der Waals surface area contributed by atoms with Gasteiger partial charge in [-0.3, -0.25) is 14.5 Å². The molecule has 3 aromatic carbocycles. The number of amides is 1. The molecule has 4 aromatic rings. The maximum atomic E-state index is 13.7. The Kier molecular flexibility index (Phi) is 8.06. The number of aromatic hydroxyl groups is 1. The highest BCUT2D eigenvalue weighted by Crippen LogP contribution is 2.47. The number of anilines is 1. The van der Waals surface area contributed by atoms with Crippen molar-refractivity contribution in [3.63, 3.8) is 0 Å². The maximum absolute atomic E-state index is 13.7. The molecule has 1 amide bonds. The molecule has 10 heteroatoms. The molecule has 1 aromatic heterocycles. The molecule has 0 spiro atoms. The highest BCUT2D eigenvalue weighted by molar-refractivity contribution is 9.10. The van der Waals surface area contributed by atoms with Crippen LogP contribution < -0.4 is 14.4 Å². The number of aliphatic hydroxyl groups is 1. The molecule has 1 saturated heterocycles. The summed E-state index contributed by atoms with van der Waals surface area (Å²) in [5.41, 5.74) is 3.41. The van der Waals surface area contributed by atoms with E-state index < -0.39 is 17.7 Å². The van der Waals surface area contributed by atoms with Crippen LogP contribution >= 0.6 is 27.3 Å². The first-order valence-electron chi connectivity index (χ1n) is 13.1. The molecule has 8 nitrogen and oxygen atoms in total. The number of aliphatic hydroxyl groups excluding tert-OH is 1. The van der Waals surface area contributed by atoms with Gasteiger partial charge in [0, 0.05) is 5.56 Å². The third-order valence-corrected chi connectivity index (χ3v) is 8.54. The van der Waals surface area contributed by atoms with E-state index >= 15 is 0 Å².